The zero-order valence-corrected chi connectivity index (χ0v) is 13.1. The van der Waals surface area contributed by atoms with E-state index in [0.29, 0.717) is 16.7 Å². The summed E-state index contributed by atoms with van der Waals surface area (Å²) in [6.45, 7) is 6.73. The second-order valence-corrected chi connectivity index (χ2v) is 7.30. The normalized spacial score (nSPS) is 15.9. The Morgan fingerprint density at radius 3 is 2.29 bits per heavy atom. The zero-order valence-electron chi connectivity index (χ0n) is 8.35. The molecule has 0 bridgehead atoms. The molecule has 1 heterocycles. The molecule has 0 saturated heterocycles. The molecular weight excluding hydrogens is 347 g/mol. The summed E-state index contributed by atoms with van der Waals surface area (Å²) in [5, 5.41) is 0. The Morgan fingerprint density at radius 2 is 1.93 bits per heavy atom. The van der Waals surface area contributed by atoms with E-state index in [0.717, 1.165) is 8.81 Å². The fourth-order valence-electron chi connectivity index (χ4n) is 1.10. The van der Waals surface area contributed by atoms with E-state index in [4.69, 9.17) is 11.6 Å². The summed E-state index contributed by atoms with van der Waals surface area (Å²) in [6, 6.07) is 2.10. The topological polar surface area (TPSA) is 0 Å². The SMILES string of the molecule is CC(C)C(C)C(Br)c1cc(Br)c(Cl)s1. The largest absolute Gasteiger partial charge is 0.126 e. The summed E-state index contributed by atoms with van der Waals surface area (Å²) < 4.78 is 1.83. The first-order valence-corrected chi connectivity index (χ1v) is 7.42. The minimum atomic E-state index is 0.399. The molecule has 80 valence electrons. The number of thiophene rings is 1. The molecule has 0 N–H and O–H groups in total. The number of halogens is 3. The smallest absolute Gasteiger partial charge is 0.107 e. The Kier molecular flexibility index (Phi) is 4.96. The van der Waals surface area contributed by atoms with Gasteiger partial charge in [0.05, 0.1) is 4.83 Å². The third kappa shape index (κ3) is 2.97. The van der Waals surface area contributed by atoms with Crippen LogP contribution in [0.15, 0.2) is 10.5 Å². The van der Waals surface area contributed by atoms with Crippen molar-refractivity contribution in [2.45, 2.75) is 25.6 Å². The standard InChI is InChI=1S/C10H13Br2ClS/c1-5(2)6(3)9(12)8-4-7(11)10(13)14-8/h4-6,9H,1-3H3. The van der Waals surface area contributed by atoms with Crippen molar-refractivity contribution < 1.29 is 0 Å². The average molecular weight is 361 g/mol. The first-order valence-electron chi connectivity index (χ1n) is 4.52. The lowest BCUT2D eigenvalue weighted by atomic mass is 9.94. The Morgan fingerprint density at radius 1 is 1.36 bits per heavy atom. The molecule has 0 aliphatic rings. The lowest BCUT2D eigenvalue weighted by Crippen LogP contribution is -2.09. The van der Waals surface area contributed by atoms with E-state index in [2.05, 4.69) is 58.7 Å². The van der Waals surface area contributed by atoms with Crippen LogP contribution in [-0.4, -0.2) is 0 Å². The van der Waals surface area contributed by atoms with Crippen LogP contribution in [0, 0.1) is 11.8 Å². The molecule has 0 saturated carbocycles. The van der Waals surface area contributed by atoms with E-state index in [9.17, 15) is 0 Å². The Bertz CT molecular complexity index is 290. The lowest BCUT2D eigenvalue weighted by Gasteiger charge is -2.20. The van der Waals surface area contributed by atoms with Crippen LogP contribution in [0.5, 0.6) is 0 Å². The molecule has 0 spiro atoms. The van der Waals surface area contributed by atoms with E-state index in [1.807, 2.05) is 0 Å². The van der Waals surface area contributed by atoms with Crippen LogP contribution >= 0.6 is 54.8 Å². The van der Waals surface area contributed by atoms with Gasteiger partial charge in [0.1, 0.15) is 4.34 Å². The molecular formula is C10H13Br2ClS. The van der Waals surface area contributed by atoms with Crippen LogP contribution in [0.1, 0.15) is 30.5 Å². The third-order valence-electron chi connectivity index (χ3n) is 2.45. The Hall–Kier alpha value is 0.950. The van der Waals surface area contributed by atoms with E-state index in [1.165, 1.54) is 4.88 Å². The van der Waals surface area contributed by atoms with Gasteiger partial charge in [-0.3, -0.25) is 0 Å². The van der Waals surface area contributed by atoms with Crippen LogP contribution in [0.3, 0.4) is 0 Å². The maximum Gasteiger partial charge on any atom is 0.107 e. The van der Waals surface area contributed by atoms with Crippen molar-refractivity contribution in [3.05, 3.63) is 19.8 Å². The number of alkyl halides is 1. The van der Waals surface area contributed by atoms with Gasteiger partial charge in [-0.15, -0.1) is 11.3 Å². The summed E-state index contributed by atoms with van der Waals surface area (Å²) in [6.07, 6.45) is 0. The van der Waals surface area contributed by atoms with Gasteiger partial charge >= 0.3 is 0 Å². The highest BCUT2D eigenvalue weighted by molar-refractivity contribution is 9.10. The highest BCUT2D eigenvalue weighted by Gasteiger charge is 2.21. The predicted molar refractivity (Wildman–Crippen MR) is 72.7 cm³/mol. The van der Waals surface area contributed by atoms with Crippen LogP contribution in [0.4, 0.5) is 0 Å². The number of hydrogen-bond donors (Lipinski definition) is 0. The Labute approximate surface area is 111 Å². The molecule has 14 heavy (non-hydrogen) atoms. The van der Waals surface area contributed by atoms with Gasteiger partial charge < -0.3 is 0 Å². The van der Waals surface area contributed by atoms with Crippen LogP contribution in [0.2, 0.25) is 4.34 Å². The van der Waals surface area contributed by atoms with Crippen molar-refractivity contribution in [2.24, 2.45) is 11.8 Å². The summed E-state index contributed by atoms with van der Waals surface area (Å²) >= 11 is 14.8. The Balaban J connectivity index is 2.83. The van der Waals surface area contributed by atoms with Gasteiger partial charge in [0.15, 0.2) is 0 Å². The molecule has 0 aliphatic heterocycles. The molecule has 0 aliphatic carbocycles. The summed E-state index contributed by atoms with van der Waals surface area (Å²) in [5.41, 5.74) is 0. The molecule has 0 nitrogen and oxygen atoms in total. The van der Waals surface area contributed by atoms with Gasteiger partial charge in [0.2, 0.25) is 0 Å². The molecule has 1 aromatic rings. The highest BCUT2D eigenvalue weighted by Crippen LogP contribution is 2.43. The second-order valence-electron chi connectivity index (χ2n) is 3.78. The fraction of sp³-hybridized carbons (Fsp3) is 0.600. The summed E-state index contributed by atoms with van der Waals surface area (Å²) in [7, 11) is 0. The van der Waals surface area contributed by atoms with E-state index in [-0.39, 0.29) is 0 Å². The van der Waals surface area contributed by atoms with Crippen LogP contribution < -0.4 is 0 Å². The van der Waals surface area contributed by atoms with Gasteiger partial charge in [-0.2, -0.15) is 0 Å². The number of hydrogen-bond acceptors (Lipinski definition) is 1. The monoisotopic (exact) mass is 358 g/mol. The summed E-state index contributed by atoms with van der Waals surface area (Å²) in [5.74, 6) is 1.27. The van der Waals surface area contributed by atoms with Crippen LogP contribution in [-0.2, 0) is 0 Å². The van der Waals surface area contributed by atoms with Crippen molar-refractivity contribution in [1.29, 1.82) is 0 Å². The van der Waals surface area contributed by atoms with Crippen molar-refractivity contribution >= 4 is 54.8 Å². The first kappa shape index (κ1) is 13.0. The van der Waals surface area contributed by atoms with Crippen molar-refractivity contribution in [3.63, 3.8) is 0 Å². The van der Waals surface area contributed by atoms with Crippen molar-refractivity contribution in [3.8, 4) is 0 Å². The average Bonchev–Trinajstić information content (AvgIpc) is 2.44. The van der Waals surface area contributed by atoms with Gasteiger partial charge in [0.25, 0.3) is 0 Å². The third-order valence-corrected chi connectivity index (χ3v) is 6.64. The highest BCUT2D eigenvalue weighted by atomic mass is 79.9. The molecule has 0 fully saturated rings. The minimum absolute atomic E-state index is 0.399. The van der Waals surface area contributed by atoms with Crippen molar-refractivity contribution in [2.75, 3.05) is 0 Å². The minimum Gasteiger partial charge on any atom is -0.126 e. The van der Waals surface area contributed by atoms with E-state index >= 15 is 0 Å². The van der Waals surface area contributed by atoms with Gasteiger partial charge in [-0.1, -0.05) is 48.3 Å². The molecule has 1 aromatic heterocycles. The first-order chi connectivity index (χ1) is 6.43. The van der Waals surface area contributed by atoms with E-state index in [1.54, 1.807) is 11.3 Å². The number of rotatable bonds is 3. The molecule has 0 amide bonds. The van der Waals surface area contributed by atoms with Crippen LogP contribution in [0.25, 0.3) is 0 Å². The van der Waals surface area contributed by atoms with E-state index < -0.39 is 0 Å². The molecule has 0 radical (unpaired) electrons. The maximum atomic E-state index is 6.01. The van der Waals surface area contributed by atoms with Crippen molar-refractivity contribution in [1.82, 2.24) is 0 Å². The molecule has 0 aromatic carbocycles. The predicted octanol–water partition coefficient (Wildman–Crippen LogP) is 5.89. The van der Waals surface area contributed by atoms with Gasteiger partial charge in [0, 0.05) is 9.35 Å². The maximum absolute atomic E-state index is 6.01. The molecule has 2 unspecified atom stereocenters. The molecule has 4 heteroatoms. The molecule has 1 rings (SSSR count). The molecule has 2 atom stereocenters. The second kappa shape index (κ2) is 5.33. The van der Waals surface area contributed by atoms with Gasteiger partial charge in [-0.05, 0) is 33.8 Å². The zero-order chi connectivity index (χ0) is 10.9. The fourth-order valence-corrected chi connectivity index (χ4v) is 3.95. The summed E-state index contributed by atoms with van der Waals surface area (Å²) in [4.78, 5) is 1.69. The van der Waals surface area contributed by atoms with Gasteiger partial charge in [-0.25, -0.2) is 0 Å². The lowest BCUT2D eigenvalue weighted by molar-refractivity contribution is 0.417. The quantitative estimate of drug-likeness (QED) is 0.589.